The zero-order valence-electron chi connectivity index (χ0n) is 16.9. The van der Waals surface area contributed by atoms with Crippen LogP contribution in [0.25, 0.3) is 0 Å². The van der Waals surface area contributed by atoms with E-state index in [2.05, 4.69) is 20.4 Å². The number of carbonyl (C=O) groups excluding carboxylic acids is 2. The van der Waals surface area contributed by atoms with Gasteiger partial charge in [-0.05, 0) is 49.2 Å². The average molecular weight is 415 g/mol. The summed E-state index contributed by atoms with van der Waals surface area (Å²) < 4.78 is 0. The number of halogens is 1. The van der Waals surface area contributed by atoms with E-state index in [1.165, 1.54) is 5.69 Å². The molecule has 0 aliphatic carbocycles. The molecule has 0 unspecified atom stereocenters. The van der Waals surface area contributed by atoms with Crippen molar-refractivity contribution >= 4 is 34.8 Å². The molecule has 154 valence electrons. The van der Waals surface area contributed by atoms with E-state index in [4.69, 9.17) is 11.6 Å². The minimum atomic E-state index is -0.630. The second-order valence-corrected chi connectivity index (χ2v) is 7.72. The van der Waals surface area contributed by atoms with Crippen LogP contribution in [0, 0.1) is 13.8 Å². The second kappa shape index (κ2) is 9.76. The van der Waals surface area contributed by atoms with Gasteiger partial charge >= 0.3 is 11.8 Å². The van der Waals surface area contributed by atoms with Crippen LogP contribution in [0.5, 0.6) is 0 Å². The van der Waals surface area contributed by atoms with Crippen LogP contribution in [0.4, 0.5) is 11.4 Å². The Morgan fingerprint density at radius 3 is 2.17 bits per heavy atom. The van der Waals surface area contributed by atoms with Crippen molar-refractivity contribution in [1.82, 2.24) is 10.2 Å². The van der Waals surface area contributed by atoms with Crippen molar-refractivity contribution in [2.75, 3.05) is 49.5 Å². The zero-order chi connectivity index (χ0) is 20.8. The fourth-order valence-corrected chi connectivity index (χ4v) is 3.60. The van der Waals surface area contributed by atoms with Gasteiger partial charge in [0.05, 0.1) is 0 Å². The van der Waals surface area contributed by atoms with Gasteiger partial charge in [0.2, 0.25) is 0 Å². The Morgan fingerprint density at radius 2 is 1.55 bits per heavy atom. The van der Waals surface area contributed by atoms with Crippen LogP contribution < -0.4 is 15.5 Å². The number of hydrogen-bond donors (Lipinski definition) is 2. The minimum Gasteiger partial charge on any atom is -0.369 e. The van der Waals surface area contributed by atoms with Crippen molar-refractivity contribution in [3.05, 3.63) is 58.6 Å². The summed E-state index contributed by atoms with van der Waals surface area (Å²) in [5.41, 5.74) is 3.74. The molecule has 0 atom stereocenters. The van der Waals surface area contributed by atoms with E-state index in [0.717, 1.165) is 48.9 Å². The first kappa shape index (κ1) is 21.1. The van der Waals surface area contributed by atoms with Gasteiger partial charge in [0.15, 0.2) is 0 Å². The fourth-order valence-electron chi connectivity index (χ4n) is 3.47. The summed E-state index contributed by atoms with van der Waals surface area (Å²) in [6.07, 6.45) is 0. The van der Waals surface area contributed by atoms with Crippen LogP contribution in [0.1, 0.15) is 11.1 Å². The average Bonchev–Trinajstić information content (AvgIpc) is 2.72. The van der Waals surface area contributed by atoms with Crippen molar-refractivity contribution < 1.29 is 9.59 Å². The highest BCUT2D eigenvalue weighted by Gasteiger charge is 2.19. The number of rotatable bonds is 5. The van der Waals surface area contributed by atoms with E-state index in [1.807, 2.05) is 56.3 Å². The zero-order valence-corrected chi connectivity index (χ0v) is 17.6. The molecule has 0 spiro atoms. The molecule has 1 saturated heterocycles. The molecule has 0 aromatic heterocycles. The van der Waals surface area contributed by atoms with E-state index < -0.39 is 11.8 Å². The quantitative estimate of drug-likeness (QED) is 0.738. The maximum absolute atomic E-state index is 12.2. The van der Waals surface area contributed by atoms with Crippen LogP contribution in [0.15, 0.2) is 42.5 Å². The lowest BCUT2D eigenvalue weighted by Gasteiger charge is -2.36. The molecule has 0 bridgehead atoms. The molecule has 1 heterocycles. The van der Waals surface area contributed by atoms with Gasteiger partial charge in [0.25, 0.3) is 0 Å². The van der Waals surface area contributed by atoms with Crippen molar-refractivity contribution in [3.8, 4) is 0 Å². The van der Waals surface area contributed by atoms with Crippen LogP contribution in [-0.2, 0) is 9.59 Å². The molecule has 1 fully saturated rings. The highest BCUT2D eigenvalue weighted by Crippen LogP contribution is 2.20. The van der Waals surface area contributed by atoms with Crippen LogP contribution >= 0.6 is 11.6 Å². The van der Waals surface area contributed by atoms with E-state index in [9.17, 15) is 9.59 Å². The van der Waals surface area contributed by atoms with Gasteiger partial charge in [-0.3, -0.25) is 14.5 Å². The molecule has 0 radical (unpaired) electrons. The van der Waals surface area contributed by atoms with Gasteiger partial charge < -0.3 is 15.5 Å². The number of para-hydroxylation sites is 1. The number of hydrogen-bond acceptors (Lipinski definition) is 4. The molecule has 0 saturated carbocycles. The van der Waals surface area contributed by atoms with Crippen LogP contribution in [-0.4, -0.2) is 56.0 Å². The Bertz CT molecular complexity index is 841. The third kappa shape index (κ3) is 5.71. The van der Waals surface area contributed by atoms with E-state index in [0.29, 0.717) is 12.2 Å². The van der Waals surface area contributed by atoms with Crippen molar-refractivity contribution in [3.63, 3.8) is 0 Å². The summed E-state index contributed by atoms with van der Waals surface area (Å²) in [6.45, 7) is 8.64. The lowest BCUT2D eigenvalue weighted by Crippen LogP contribution is -2.49. The number of aryl methyl sites for hydroxylation is 2. The molecule has 29 heavy (non-hydrogen) atoms. The summed E-state index contributed by atoms with van der Waals surface area (Å²) in [6, 6.07) is 13.6. The molecule has 1 aliphatic rings. The highest BCUT2D eigenvalue weighted by molar-refractivity contribution is 6.39. The third-order valence-electron chi connectivity index (χ3n) is 5.20. The highest BCUT2D eigenvalue weighted by atomic mass is 35.5. The Balaban J connectivity index is 1.39. The first-order chi connectivity index (χ1) is 13.9. The number of benzene rings is 2. The normalized spacial score (nSPS) is 14.5. The van der Waals surface area contributed by atoms with Gasteiger partial charge in [0, 0.05) is 55.7 Å². The molecule has 7 heteroatoms. The summed E-state index contributed by atoms with van der Waals surface area (Å²) in [4.78, 5) is 28.9. The summed E-state index contributed by atoms with van der Waals surface area (Å²) in [5.74, 6) is -1.23. The molecule has 2 aromatic rings. The molecule has 2 amide bonds. The van der Waals surface area contributed by atoms with E-state index in [-0.39, 0.29) is 0 Å². The van der Waals surface area contributed by atoms with Crippen LogP contribution in [0.2, 0.25) is 5.02 Å². The number of nitrogens with one attached hydrogen (secondary N) is 2. The molecule has 1 aliphatic heterocycles. The number of amides is 2. The van der Waals surface area contributed by atoms with E-state index in [1.54, 1.807) is 0 Å². The SMILES string of the molecule is Cc1cccc(C)c1NC(=O)C(=O)NCCN1CCN(c2ccc(Cl)cc2)CC1. The Morgan fingerprint density at radius 1 is 0.931 bits per heavy atom. The smallest absolute Gasteiger partial charge is 0.313 e. The van der Waals surface area contributed by atoms with E-state index >= 15 is 0 Å². The largest absolute Gasteiger partial charge is 0.369 e. The Labute approximate surface area is 176 Å². The standard InChI is InChI=1S/C22H27ClN4O2/c1-16-4-3-5-17(2)20(16)25-22(29)21(28)24-10-11-26-12-14-27(15-13-26)19-8-6-18(23)7-9-19/h3-9H,10-15H2,1-2H3,(H,24,28)(H,25,29). The van der Waals surface area contributed by atoms with Gasteiger partial charge in [0.1, 0.15) is 0 Å². The first-order valence-corrected chi connectivity index (χ1v) is 10.2. The molecule has 6 nitrogen and oxygen atoms in total. The van der Waals surface area contributed by atoms with Crippen LogP contribution in [0.3, 0.4) is 0 Å². The van der Waals surface area contributed by atoms with Crippen molar-refractivity contribution in [2.24, 2.45) is 0 Å². The fraction of sp³-hybridized carbons (Fsp3) is 0.364. The summed E-state index contributed by atoms with van der Waals surface area (Å²) in [7, 11) is 0. The number of carbonyl (C=O) groups is 2. The lowest BCUT2D eigenvalue weighted by atomic mass is 10.1. The van der Waals surface area contributed by atoms with Gasteiger partial charge in [-0.2, -0.15) is 0 Å². The predicted molar refractivity (Wildman–Crippen MR) is 118 cm³/mol. The molecule has 3 rings (SSSR count). The molecular weight excluding hydrogens is 388 g/mol. The van der Waals surface area contributed by atoms with Crippen molar-refractivity contribution in [2.45, 2.75) is 13.8 Å². The Hall–Kier alpha value is -2.57. The topological polar surface area (TPSA) is 64.7 Å². The number of anilines is 2. The van der Waals surface area contributed by atoms with Gasteiger partial charge in [-0.25, -0.2) is 0 Å². The maximum Gasteiger partial charge on any atom is 0.313 e. The third-order valence-corrected chi connectivity index (χ3v) is 5.46. The second-order valence-electron chi connectivity index (χ2n) is 7.28. The number of nitrogens with zero attached hydrogens (tertiary/aromatic N) is 2. The van der Waals surface area contributed by atoms with Gasteiger partial charge in [-0.15, -0.1) is 0 Å². The van der Waals surface area contributed by atoms with Crippen molar-refractivity contribution in [1.29, 1.82) is 0 Å². The molecule has 2 aromatic carbocycles. The predicted octanol–water partition coefficient (Wildman–Crippen LogP) is 2.83. The first-order valence-electron chi connectivity index (χ1n) is 9.82. The maximum atomic E-state index is 12.2. The Kier molecular flexibility index (Phi) is 7.12. The monoisotopic (exact) mass is 414 g/mol. The lowest BCUT2D eigenvalue weighted by molar-refractivity contribution is -0.136. The summed E-state index contributed by atoms with van der Waals surface area (Å²) >= 11 is 5.95. The molecular formula is C22H27ClN4O2. The minimum absolute atomic E-state index is 0.444. The molecule has 2 N–H and O–H groups in total. The van der Waals surface area contributed by atoms with Gasteiger partial charge in [-0.1, -0.05) is 29.8 Å². The number of piperazine rings is 1. The summed E-state index contributed by atoms with van der Waals surface area (Å²) in [5, 5.41) is 6.17.